The van der Waals surface area contributed by atoms with Crippen LogP contribution in [0.3, 0.4) is 0 Å². The van der Waals surface area contributed by atoms with Crippen LogP contribution in [0.2, 0.25) is 0 Å². The minimum atomic E-state index is -4.44. The Kier molecular flexibility index (Phi) is 26.4. The summed E-state index contributed by atoms with van der Waals surface area (Å²) in [6.07, 6.45) is 26.1. The van der Waals surface area contributed by atoms with Gasteiger partial charge in [-0.15, -0.1) is 0 Å². The zero-order chi connectivity index (χ0) is 41.9. The number of quaternary nitrogens is 1. The lowest BCUT2D eigenvalue weighted by Crippen LogP contribution is -2.37. The van der Waals surface area contributed by atoms with Crippen molar-refractivity contribution in [2.45, 2.75) is 186 Å². The van der Waals surface area contributed by atoms with Gasteiger partial charge in [-0.3, -0.25) is 23.4 Å². The Hall–Kier alpha value is -1.92. The number of phosphoric ester groups is 1. The largest absolute Gasteiger partial charge is 0.472 e. The highest BCUT2D eigenvalue weighted by Crippen LogP contribution is 2.43. The average Bonchev–Trinajstić information content (AvgIpc) is 3.83. The number of Topliss-reactive ketones (excluding diaryl/α,β-unsaturated/α-hetero) is 1. The molecule has 0 aromatic rings. The standard InChI is InChI=1S/C44H78NO11P/c1-6-8-10-11-12-13-14-15-16-17-18-19-24-28-43(48)52-34-36(35-54-57(50,51)53-31-30-45(3,4)5)55-44(49)29-25-21-20-23-26-37-38(40(47)33-39(37)46)32-42-41(56-42)27-22-9-7-2/h20,23,32,36-37,39,41-42,46H,6-19,21-22,24-31,33-35H2,1-5H3/p+1/b23-20-,38-32-/t36-,37?,39?,41?,42?/m1/s1. The fourth-order valence-electron chi connectivity index (χ4n) is 6.95. The van der Waals surface area contributed by atoms with E-state index in [1.165, 1.54) is 57.8 Å². The summed E-state index contributed by atoms with van der Waals surface area (Å²) in [7, 11) is 1.34. The molecule has 0 radical (unpaired) electrons. The molecule has 1 aliphatic carbocycles. The first-order valence-electron chi connectivity index (χ1n) is 22.3. The number of carbonyl (C=O) groups is 3. The Morgan fingerprint density at radius 3 is 2.05 bits per heavy atom. The zero-order valence-corrected chi connectivity index (χ0v) is 37.1. The molecule has 13 heteroatoms. The molecule has 1 heterocycles. The van der Waals surface area contributed by atoms with Crippen LogP contribution in [0, 0.1) is 5.92 Å². The first kappa shape index (κ1) is 51.2. The van der Waals surface area contributed by atoms with E-state index in [2.05, 4.69) is 13.8 Å². The second-order valence-corrected chi connectivity index (χ2v) is 18.5. The fraction of sp³-hybridized carbons (Fsp3) is 0.841. The van der Waals surface area contributed by atoms with Gasteiger partial charge in [0.25, 0.3) is 0 Å². The molecule has 5 unspecified atom stereocenters. The molecular formula is C44H79NO11P+. The Balaban J connectivity index is 1.75. The summed E-state index contributed by atoms with van der Waals surface area (Å²) in [5.41, 5.74) is 0.656. The minimum absolute atomic E-state index is 0.00843. The molecule has 2 rings (SSSR count). The van der Waals surface area contributed by atoms with Gasteiger partial charge in [0.2, 0.25) is 0 Å². The molecule has 2 aliphatic rings. The summed E-state index contributed by atoms with van der Waals surface area (Å²) in [6, 6.07) is 0. The summed E-state index contributed by atoms with van der Waals surface area (Å²) in [5.74, 6) is -1.27. The van der Waals surface area contributed by atoms with Crippen molar-refractivity contribution in [1.29, 1.82) is 0 Å². The van der Waals surface area contributed by atoms with Gasteiger partial charge in [-0.2, -0.15) is 0 Å². The fourth-order valence-corrected chi connectivity index (χ4v) is 7.69. The van der Waals surface area contributed by atoms with Crippen molar-refractivity contribution in [3.8, 4) is 0 Å². The maximum Gasteiger partial charge on any atom is 0.472 e. The van der Waals surface area contributed by atoms with Crippen LogP contribution < -0.4 is 0 Å². The van der Waals surface area contributed by atoms with Crippen molar-refractivity contribution < 1.29 is 56.7 Å². The van der Waals surface area contributed by atoms with Crippen LogP contribution in [-0.4, -0.2) is 104 Å². The highest BCUT2D eigenvalue weighted by atomic mass is 31.2. The van der Waals surface area contributed by atoms with E-state index in [0.717, 1.165) is 44.9 Å². The lowest BCUT2D eigenvalue weighted by atomic mass is 9.95. The number of ether oxygens (including phenoxy) is 3. The van der Waals surface area contributed by atoms with Crippen molar-refractivity contribution in [2.24, 2.45) is 5.92 Å². The predicted octanol–water partition coefficient (Wildman–Crippen LogP) is 9.10. The number of likely N-dealkylation sites (N-methyl/N-ethyl adjacent to an activating group) is 1. The number of carbonyl (C=O) groups excluding carboxylic acids is 3. The molecule has 0 aromatic carbocycles. The molecule has 0 spiro atoms. The van der Waals surface area contributed by atoms with Gasteiger partial charge in [0, 0.05) is 25.2 Å². The second-order valence-electron chi connectivity index (χ2n) is 17.1. The first-order valence-corrected chi connectivity index (χ1v) is 23.7. The molecule has 0 bridgehead atoms. The van der Waals surface area contributed by atoms with Crippen LogP contribution in [0.15, 0.2) is 23.8 Å². The van der Waals surface area contributed by atoms with Gasteiger partial charge in [0.15, 0.2) is 11.9 Å². The van der Waals surface area contributed by atoms with Gasteiger partial charge in [0.05, 0.1) is 40.0 Å². The summed E-state index contributed by atoms with van der Waals surface area (Å²) < 4.78 is 40.0. The number of aliphatic hydroxyl groups excluding tert-OH is 1. The molecule has 6 atom stereocenters. The Labute approximate surface area is 344 Å². The number of rotatable bonds is 35. The van der Waals surface area contributed by atoms with Gasteiger partial charge in [-0.25, -0.2) is 4.57 Å². The summed E-state index contributed by atoms with van der Waals surface area (Å²) in [6.45, 7) is 4.10. The third-order valence-electron chi connectivity index (χ3n) is 10.6. The van der Waals surface area contributed by atoms with Crippen molar-refractivity contribution in [1.82, 2.24) is 0 Å². The monoisotopic (exact) mass is 829 g/mol. The SMILES string of the molecule is CCCCCCCCCCCCCCCC(=O)OC[C@H](COP(=O)(O)OCC[N+](C)(C)C)OC(=O)CCC/C=C\CC1/C(=C/C2OC2CCCCC)C(=O)CC1O. The number of allylic oxidation sites excluding steroid dienone is 2. The molecule has 2 fully saturated rings. The number of hydrogen-bond donors (Lipinski definition) is 2. The number of aliphatic hydroxyl groups is 1. The zero-order valence-electron chi connectivity index (χ0n) is 36.2. The molecule has 2 N–H and O–H groups in total. The van der Waals surface area contributed by atoms with Crippen molar-refractivity contribution in [3.05, 3.63) is 23.8 Å². The number of hydrogen-bond acceptors (Lipinski definition) is 10. The van der Waals surface area contributed by atoms with Gasteiger partial charge in [-0.1, -0.05) is 122 Å². The molecule has 1 saturated carbocycles. The normalized spacial score (nSPS) is 21.9. The molecule has 57 heavy (non-hydrogen) atoms. The summed E-state index contributed by atoms with van der Waals surface area (Å²) in [4.78, 5) is 48.1. The number of ketones is 1. The third kappa shape index (κ3) is 25.3. The van der Waals surface area contributed by atoms with Gasteiger partial charge < -0.3 is 28.7 Å². The van der Waals surface area contributed by atoms with E-state index in [0.29, 0.717) is 42.3 Å². The third-order valence-corrected chi connectivity index (χ3v) is 11.6. The van der Waals surface area contributed by atoms with E-state index < -0.39 is 38.6 Å². The maximum absolute atomic E-state index is 12.8. The molecule has 330 valence electrons. The van der Waals surface area contributed by atoms with Crippen LogP contribution in [0.1, 0.15) is 162 Å². The van der Waals surface area contributed by atoms with E-state index in [1.54, 1.807) is 0 Å². The highest BCUT2D eigenvalue weighted by Gasteiger charge is 2.41. The molecule has 0 amide bonds. The summed E-state index contributed by atoms with van der Waals surface area (Å²) >= 11 is 0. The van der Waals surface area contributed by atoms with Crippen LogP contribution in [-0.2, 0) is 42.2 Å². The topological polar surface area (TPSA) is 158 Å². The molecule has 12 nitrogen and oxygen atoms in total. The van der Waals surface area contributed by atoms with Crippen molar-refractivity contribution in [2.75, 3.05) is 47.5 Å². The number of phosphoric acid groups is 1. The molecular weight excluding hydrogens is 749 g/mol. The van der Waals surface area contributed by atoms with Gasteiger partial charge in [0.1, 0.15) is 25.9 Å². The lowest BCUT2D eigenvalue weighted by Gasteiger charge is -2.24. The van der Waals surface area contributed by atoms with Crippen molar-refractivity contribution >= 4 is 25.5 Å². The lowest BCUT2D eigenvalue weighted by molar-refractivity contribution is -0.870. The van der Waals surface area contributed by atoms with E-state index in [4.69, 9.17) is 23.3 Å². The predicted molar refractivity (Wildman–Crippen MR) is 223 cm³/mol. The Bertz CT molecular complexity index is 1250. The van der Waals surface area contributed by atoms with Crippen LogP contribution in [0.4, 0.5) is 0 Å². The maximum atomic E-state index is 12.8. The number of unbranched alkanes of at least 4 members (excludes halogenated alkanes) is 15. The van der Waals surface area contributed by atoms with E-state index in [1.807, 2.05) is 39.4 Å². The van der Waals surface area contributed by atoms with Crippen molar-refractivity contribution in [3.63, 3.8) is 0 Å². The number of nitrogens with zero attached hydrogens (tertiary/aromatic N) is 1. The second kappa shape index (κ2) is 29.3. The number of epoxide rings is 1. The summed E-state index contributed by atoms with van der Waals surface area (Å²) in [5, 5.41) is 10.6. The van der Waals surface area contributed by atoms with E-state index >= 15 is 0 Å². The number of esters is 2. The smallest absolute Gasteiger partial charge is 0.462 e. The average molecular weight is 829 g/mol. The molecule has 0 aromatic heterocycles. The van der Waals surface area contributed by atoms with E-state index in [9.17, 15) is 28.9 Å². The molecule has 1 saturated heterocycles. The minimum Gasteiger partial charge on any atom is -0.462 e. The van der Waals surface area contributed by atoms with Crippen LogP contribution >= 0.6 is 7.82 Å². The van der Waals surface area contributed by atoms with Crippen LogP contribution in [0.25, 0.3) is 0 Å². The first-order chi connectivity index (χ1) is 27.2. The van der Waals surface area contributed by atoms with Crippen LogP contribution in [0.5, 0.6) is 0 Å². The van der Waals surface area contributed by atoms with Gasteiger partial charge >= 0.3 is 19.8 Å². The highest BCUT2D eigenvalue weighted by molar-refractivity contribution is 7.47. The Morgan fingerprint density at radius 1 is 0.825 bits per heavy atom. The van der Waals surface area contributed by atoms with E-state index in [-0.39, 0.29) is 56.4 Å². The molecule has 1 aliphatic heterocycles. The van der Waals surface area contributed by atoms with Gasteiger partial charge in [-0.05, 0) is 43.8 Å². The quantitative estimate of drug-likeness (QED) is 0.0119. The Morgan fingerprint density at radius 2 is 1.42 bits per heavy atom.